The van der Waals surface area contributed by atoms with Crippen LogP contribution in [0.15, 0.2) is 49.1 Å². The van der Waals surface area contributed by atoms with E-state index in [1.807, 2.05) is 42.2 Å². The number of anilines is 1. The van der Waals surface area contributed by atoms with E-state index in [2.05, 4.69) is 44.4 Å². The lowest BCUT2D eigenvalue weighted by Gasteiger charge is -2.61. The molecule has 0 radical (unpaired) electrons. The quantitative estimate of drug-likeness (QED) is 0.367. The third-order valence-electron chi connectivity index (χ3n) is 9.26. The summed E-state index contributed by atoms with van der Waals surface area (Å²) < 4.78 is 4.09. The summed E-state index contributed by atoms with van der Waals surface area (Å²) in [5, 5.41) is 26.4. The smallest absolute Gasteiger partial charge is 0.103 e. The van der Waals surface area contributed by atoms with Gasteiger partial charge in [0.1, 0.15) is 5.69 Å². The van der Waals surface area contributed by atoms with Gasteiger partial charge in [0.05, 0.1) is 46.0 Å². The predicted molar refractivity (Wildman–Crippen MR) is 140 cm³/mol. The Morgan fingerprint density at radius 2 is 2.00 bits per heavy atom. The number of halogens is 1. The van der Waals surface area contributed by atoms with E-state index in [4.69, 9.17) is 11.6 Å². The molecule has 36 heavy (non-hydrogen) atoms. The van der Waals surface area contributed by atoms with E-state index in [1.165, 1.54) is 19.3 Å². The summed E-state index contributed by atoms with van der Waals surface area (Å²) in [7, 11) is 0. The number of pyridine rings is 1. The van der Waals surface area contributed by atoms with Crippen LogP contribution in [0, 0.1) is 24.7 Å². The molecule has 3 heterocycles. The lowest BCUT2D eigenvalue weighted by Crippen LogP contribution is -2.59. The predicted octanol–water partition coefficient (Wildman–Crippen LogP) is 5.43. The minimum atomic E-state index is -0.917. The summed E-state index contributed by atoms with van der Waals surface area (Å²) in [6.07, 6.45) is 13.3. The van der Waals surface area contributed by atoms with Gasteiger partial charge in [-0.05, 0) is 69.1 Å². The number of nitrogens with one attached hydrogen (secondary N) is 1. The molecule has 0 amide bonds. The highest BCUT2D eigenvalue weighted by Gasteiger charge is 2.58. The highest BCUT2D eigenvalue weighted by Crippen LogP contribution is 2.62. The van der Waals surface area contributed by atoms with Crippen molar-refractivity contribution in [3.05, 3.63) is 65.3 Å². The lowest BCUT2D eigenvalue weighted by molar-refractivity contribution is -0.0977. The molecular weight excluding hydrogens is 472 g/mol. The number of rotatable bonds is 6. The van der Waals surface area contributed by atoms with Gasteiger partial charge in [0.15, 0.2) is 0 Å². The Kier molecular flexibility index (Phi) is 4.83. The van der Waals surface area contributed by atoms with Gasteiger partial charge >= 0.3 is 0 Å². The molecule has 8 heteroatoms. The molecule has 0 aliphatic heterocycles. The second-order valence-electron chi connectivity index (χ2n) is 11.3. The maximum atomic E-state index is 11.9. The number of hydrogen-bond acceptors (Lipinski definition) is 5. The van der Waals surface area contributed by atoms with E-state index in [0.29, 0.717) is 11.6 Å². The van der Waals surface area contributed by atoms with Gasteiger partial charge < -0.3 is 10.4 Å². The molecule has 186 valence electrons. The van der Waals surface area contributed by atoms with Crippen LogP contribution in [0.25, 0.3) is 16.6 Å². The van der Waals surface area contributed by atoms with E-state index in [0.717, 1.165) is 52.3 Å². The fourth-order valence-corrected chi connectivity index (χ4v) is 7.20. The van der Waals surface area contributed by atoms with Crippen molar-refractivity contribution in [3.63, 3.8) is 0 Å². The third kappa shape index (κ3) is 3.12. The minimum absolute atomic E-state index is 0.0540. The summed E-state index contributed by atoms with van der Waals surface area (Å²) in [6, 6.07) is 7.96. The average molecular weight is 503 g/mol. The van der Waals surface area contributed by atoms with Crippen LogP contribution in [0.4, 0.5) is 5.69 Å². The molecule has 4 aromatic rings. The van der Waals surface area contributed by atoms with Crippen molar-refractivity contribution in [1.82, 2.24) is 24.5 Å². The first-order valence-corrected chi connectivity index (χ1v) is 13.4. The normalized spacial score (nSPS) is 30.8. The van der Waals surface area contributed by atoms with Gasteiger partial charge in [0.25, 0.3) is 0 Å². The number of hydrogen-bond donors (Lipinski definition) is 2. The molecule has 2 N–H and O–H groups in total. The minimum Gasteiger partial charge on any atom is -0.384 e. The van der Waals surface area contributed by atoms with Gasteiger partial charge in [-0.25, -0.2) is 4.68 Å². The van der Waals surface area contributed by atoms with Crippen molar-refractivity contribution < 1.29 is 5.11 Å². The van der Waals surface area contributed by atoms with Crippen LogP contribution in [-0.4, -0.2) is 36.2 Å². The Hall–Kier alpha value is -2.90. The Balaban J connectivity index is 1.17. The highest BCUT2D eigenvalue weighted by atomic mass is 35.5. The van der Waals surface area contributed by atoms with E-state index in [-0.39, 0.29) is 17.4 Å². The SMILES string of the molecule is Cc1ncccc1C1(O)[C@@H](CNc2cc3c(cnn3-c3cnn(C45CC(C4)C5)c3)cc2Cl)CC[C@H]1C. The highest BCUT2D eigenvalue weighted by molar-refractivity contribution is 6.34. The molecule has 4 aliphatic carbocycles. The van der Waals surface area contributed by atoms with Crippen molar-refractivity contribution in [2.45, 2.75) is 57.1 Å². The molecule has 1 aromatic carbocycles. The Labute approximate surface area is 215 Å². The van der Waals surface area contributed by atoms with E-state index < -0.39 is 5.60 Å². The van der Waals surface area contributed by atoms with Gasteiger partial charge in [-0.2, -0.15) is 10.2 Å². The van der Waals surface area contributed by atoms with Crippen molar-refractivity contribution in [2.24, 2.45) is 17.8 Å². The zero-order valence-electron chi connectivity index (χ0n) is 20.7. The lowest BCUT2D eigenvalue weighted by atomic mass is 9.50. The molecule has 3 aromatic heterocycles. The van der Waals surface area contributed by atoms with Crippen molar-refractivity contribution in [2.75, 3.05) is 11.9 Å². The molecule has 0 saturated heterocycles. The van der Waals surface area contributed by atoms with Gasteiger partial charge in [0.2, 0.25) is 0 Å². The molecule has 8 rings (SSSR count). The molecule has 4 saturated carbocycles. The van der Waals surface area contributed by atoms with Crippen molar-refractivity contribution in [1.29, 1.82) is 0 Å². The van der Waals surface area contributed by atoms with Crippen LogP contribution in [0.5, 0.6) is 0 Å². The fourth-order valence-electron chi connectivity index (χ4n) is 6.96. The molecule has 1 unspecified atom stereocenters. The molecule has 3 atom stereocenters. The third-order valence-corrected chi connectivity index (χ3v) is 9.57. The molecule has 0 spiro atoms. The maximum Gasteiger partial charge on any atom is 0.103 e. The van der Waals surface area contributed by atoms with Crippen molar-refractivity contribution in [3.8, 4) is 5.69 Å². The van der Waals surface area contributed by atoms with Crippen LogP contribution in [-0.2, 0) is 11.1 Å². The number of fused-ring (bicyclic) bond motifs is 1. The number of benzene rings is 1. The first-order valence-electron chi connectivity index (χ1n) is 13.0. The number of aromatic nitrogens is 5. The Morgan fingerprint density at radius 1 is 1.17 bits per heavy atom. The molecule has 7 nitrogen and oxygen atoms in total. The standard InChI is InChI=1S/C28H31ClN6O/c1-17-5-6-21(28(17,36)23-4-3-7-30-18(23)2)14-31-25-9-26-20(8-24(25)29)13-33-35(26)22-15-32-34(16-22)27-10-19(11-27)12-27/h3-4,7-9,13,15-17,19,21,31,36H,5-6,10-12,14H2,1-2H3/t17-,19?,21-,27?,28?/m1/s1. The Bertz CT molecular complexity index is 1460. The number of aliphatic hydroxyl groups is 1. The number of nitrogens with zero attached hydrogens (tertiary/aromatic N) is 5. The topological polar surface area (TPSA) is 80.8 Å². The van der Waals surface area contributed by atoms with Crippen LogP contribution in [0.3, 0.4) is 0 Å². The zero-order chi connectivity index (χ0) is 24.7. The molecule has 2 bridgehead atoms. The van der Waals surface area contributed by atoms with Crippen LogP contribution in [0.1, 0.15) is 50.3 Å². The maximum absolute atomic E-state index is 11.9. The Morgan fingerprint density at radius 3 is 2.75 bits per heavy atom. The van der Waals surface area contributed by atoms with Crippen LogP contribution in [0.2, 0.25) is 5.02 Å². The van der Waals surface area contributed by atoms with Crippen molar-refractivity contribution >= 4 is 28.2 Å². The number of aryl methyl sites for hydroxylation is 1. The van der Waals surface area contributed by atoms with Crippen LogP contribution < -0.4 is 5.32 Å². The van der Waals surface area contributed by atoms with Gasteiger partial charge in [-0.15, -0.1) is 0 Å². The fraction of sp³-hybridized carbons (Fsp3) is 0.464. The molecule has 4 fully saturated rings. The monoisotopic (exact) mass is 502 g/mol. The largest absolute Gasteiger partial charge is 0.384 e. The zero-order valence-corrected chi connectivity index (χ0v) is 21.4. The second-order valence-corrected chi connectivity index (χ2v) is 11.7. The van der Waals surface area contributed by atoms with E-state index in [1.54, 1.807) is 6.20 Å². The molecular formula is C28H31ClN6O. The summed E-state index contributed by atoms with van der Waals surface area (Å²) >= 11 is 6.69. The van der Waals surface area contributed by atoms with Gasteiger partial charge in [-0.1, -0.05) is 24.6 Å². The summed E-state index contributed by atoms with van der Waals surface area (Å²) in [5.74, 6) is 1.11. The average Bonchev–Trinajstić information content (AvgIpc) is 3.50. The van der Waals surface area contributed by atoms with Gasteiger partial charge in [-0.3, -0.25) is 9.67 Å². The first-order chi connectivity index (χ1) is 17.4. The second kappa shape index (κ2) is 7.80. The van der Waals surface area contributed by atoms with E-state index in [9.17, 15) is 5.11 Å². The first kappa shape index (κ1) is 22.3. The summed E-state index contributed by atoms with van der Waals surface area (Å²) in [6.45, 7) is 4.73. The van der Waals surface area contributed by atoms with E-state index >= 15 is 0 Å². The molecule has 4 aliphatic rings. The van der Waals surface area contributed by atoms with Gasteiger partial charge in [0, 0.05) is 35.3 Å². The van der Waals surface area contributed by atoms with Crippen LogP contribution >= 0.6 is 11.6 Å². The summed E-state index contributed by atoms with van der Waals surface area (Å²) in [4.78, 5) is 4.45. The summed E-state index contributed by atoms with van der Waals surface area (Å²) in [5.41, 5.74) is 3.96.